The van der Waals surface area contributed by atoms with Gasteiger partial charge < -0.3 is 20.5 Å². The molecule has 1 atom stereocenters. The van der Waals surface area contributed by atoms with E-state index >= 15 is 0 Å². The van der Waals surface area contributed by atoms with Crippen molar-refractivity contribution in [2.24, 2.45) is 5.73 Å². The van der Waals surface area contributed by atoms with Crippen LogP contribution in [-0.4, -0.2) is 36.9 Å². The zero-order valence-electron chi connectivity index (χ0n) is 10.2. The van der Waals surface area contributed by atoms with Crippen LogP contribution in [0, 0.1) is 0 Å². The molecule has 0 aromatic heterocycles. The van der Waals surface area contributed by atoms with E-state index in [4.69, 9.17) is 10.5 Å². The summed E-state index contributed by atoms with van der Waals surface area (Å²) >= 11 is 0. The van der Waals surface area contributed by atoms with Crippen LogP contribution in [0.4, 0.5) is 4.79 Å². The number of nitrogens with two attached hydrogens (primary N) is 1. The second kappa shape index (κ2) is 6.32. The van der Waals surface area contributed by atoms with Crippen molar-refractivity contribution >= 4 is 12.1 Å². The summed E-state index contributed by atoms with van der Waals surface area (Å²) in [5, 5.41) is 2.39. The first-order valence-corrected chi connectivity index (χ1v) is 5.15. The molecule has 6 heteroatoms. The fraction of sp³-hybridized carbons (Fsp3) is 0.800. The number of hydrogen-bond donors (Lipinski definition) is 2. The van der Waals surface area contributed by atoms with Crippen LogP contribution in [0.5, 0.6) is 0 Å². The van der Waals surface area contributed by atoms with E-state index in [-0.39, 0.29) is 13.2 Å². The monoisotopic (exact) mass is 232 g/mol. The normalized spacial score (nSPS) is 12.8. The molecule has 0 saturated heterocycles. The predicted molar refractivity (Wildman–Crippen MR) is 58.8 cm³/mol. The molecular weight excluding hydrogens is 212 g/mol. The zero-order valence-corrected chi connectivity index (χ0v) is 10.2. The highest BCUT2D eigenvalue weighted by Gasteiger charge is 2.19. The maximum absolute atomic E-state index is 11.2. The molecule has 0 fully saturated rings. The van der Waals surface area contributed by atoms with Gasteiger partial charge in [-0.1, -0.05) is 0 Å². The number of hydrogen-bond acceptors (Lipinski definition) is 5. The molecule has 0 radical (unpaired) electrons. The Balaban J connectivity index is 3.88. The van der Waals surface area contributed by atoms with Crippen molar-refractivity contribution < 1.29 is 19.1 Å². The number of nitrogens with one attached hydrogen (secondary N) is 1. The molecule has 1 amide bonds. The van der Waals surface area contributed by atoms with Gasteiger partial charge in [0.1, 0.15) is 11.6 Å². The Morgan fingerprint density at radius 3 is 2.38 bits per heavy atom. The molecule has 0 bridgehead atoms. The Kier molecular flexibility index (Phi) is 5.81. The Labute approximate surface area is 95.5 Å². The summed E-state index contributed by atoms with van der Waals surface area (Å²) in [6.07, 6.45) is -0.604. The van der Waals surface area contributed by atoms with E-state index in [2.05, 4.69) is 10.1 Å². The number of alkyl carbamates (subject to hydrolysis) is 1. The molecule has 0 aliphatic rings. The van der Waals surface area contributed by atoms with E-state index in [1.165, 1.54) is 0 Å². The Morgan fingerprint density at radius 1 is 1.38 bits per heavy atom. The van der Waals surface area contributed by atoms with Crippen molar-refractivity contribution in [3.63, 3.8) is 0 Å². The molecule has 0 aliphatic heterocycles. The molecule has 0 heterocycles. The molecule has 0 aromatic carbocycles. The third kappa shape index (κ3) is 7.05. The quantitative estimate of drug-likeness (QED) is 0.685. The van der Waals surface area contributed by atoms with E-state index in [9.17, 15) is 9.59 Å². The molecule has 0 saturated carbocycles. The predicted octanol–water partition coefficient (Wildman–Crippen LogP) is 0.401. The maximum Gasteiger partial charge on any atom is 0.407 e. The van der Waals surface area contributed by atoms with Crippen molar-refractivity contribution in [3.8, 4) is 0 Å². The Bertz CT molecular complexity index is 248. The molecule has 0 aliphatic carbocycles. The van der Waals surface area contributed by atoms with E-state index < -0.39 is 23.7 Å². The molecule has 6 nitrogen and oxygen atoms in total. The van der Waals surface area contributed by atoms with E-state index in [1.807, 2.05) is 0 Å². The lowest BCUT2D eigenvalue weighted by Gasteiger charge is -2.20. The largest absolute Gasteiger partial charge is 0.465 e. The van der Waals surface area contributed by atoms with Gasteiger partial charge in [0.25, 0.3) is 0 Å². The lowest BCUT2D eigenvalue weighted by molar-refractivity contribution is -0.144. The van der Waals surface area contributed by atoms with Crippen molar-refractivity contribution in [1.29, 1.82) is 0 Å². The summed E-state index contributed by atoms with van der Waals surface area (Å²) in [7, 11) is 0. The van der Waals surface area contributed by atoms with Gasteiger partial charge in [-0.15, -0.1) is 0 Å². The smallest absolute Gasteiger partial charge is 0.407 e. The summed E-state index contributed by atoms with van der Waals surface area (Å²) in [6, 6.07) is -0.868. The standard InChI is InChI=1S/C10H20N2O4/c1-5-15-8(13)7(11)6-12-9(14)16-10(2,3)4/h7H,5-6,11H2,1-4H3,(H,12,14)/t7-/m0/s1. The number of ether oxygens (including phenoxy) is 2. The van der Waals surface area contributed by atoms with Crippen LogP contribution in [0.25, 0.3) is 0 Å². The molecular formula is C10H20N2O4. The number of carbonyl (C=O) groups excluding carboxylic acids is 2. The first-order valence-electron chi connectivity index (χ1n) is 5.15. The van der Waals surface area contributed by atoms with Crippen molar-refractivity contribution in [1.82, 2.24) is 5.32 Å². The summed E-state index contributed by atoms with van der Waals surface area (Å²) in [6.45, 7) is 7.19. The van der Waals surface area contributed by atoms with Crippen LogP contribution in [0.1, 0.15) is 27.7 Å². The third-order valence-corrected chi connectivity index (χ3v) is 1.45. The fourth-order valence-corrected chi connectivity index (χ4v) is 0.840. The van der Waals surface area contributed by atoms with Crippen LogP contribution in [0.15, 0.2) is 0 Å². The van der Waals surface area contributed by atoms with Crippen LogP contribution in [0.2, 0.25) is 0 Å². The fourth-order valence-electron chi connectivity index (χ4n) is 0.840. The first kappa shape index (κ1) is 14.7. The second-order valence-corrected chi connectivity index (χ2v) is 4.24. The topological polar surface area (TPSA) is 90.6 Å². The summed E-state index contributed by atoms with van der Waals surface area (Å²) in [5.74, 6) is -0.543. The van der Waals surface area contributed by atoms with Gasteiger partial charge in [0.2, 0.25) is 0 Å². The van der Waals surface area contributed by atoms with Crippen molar-refractivity contribution in [2.75, 3.05) is 13.2 Å². The van der Waals surface area contributed by atoms with Crippen molar-refractivity contribution in [3.05, 3.63) is 0 Å². The average Bonchev–Trinajstić information content (AvgIpc) is 2.11. The van der Waals surface area contributed by atoms with E-state index in [0.717, 1.165) is 0 Å². The summed E-state index contributed by atoms with van der Waals surface area (Å²) in [5.41, 5.74) is 4.90. The molecule has 0 unspecified atom stereocenters. The molecule has 0 aromatic rings. The lowest BCUT2D eigenvalue weighted by Crippen LogP contribution is -2.44. The molecule has 3 N–H and O–H groups in total. The number of esters is 1. The minimum atomic E-state index is -0.868. The second-order valence-electron chi connectivity index (χ2n) is 4.24. The van der Waals surface area contributed by atoms with E-state index in [1.54, 1.807) is 27.7 Å². The zero-order chi connectivity index (χ0) is 12.8. The number of rotatable bonds is 4. The lowest BCUT2D eigenvalue weighted by atomic mass is 10.2. The molecule has 94 valence electrons. The SMILES string of the molecule is CCOC(=O)[C@@H](N)CNC(=O)OC(C)(C)C. The summed E-state index contributed by atoms with van der Waals surface area (Å²) < 4.78 is 9.65. The van der Waals surface area contributed by atoms with Gasteiger partial charge in [0.15, 0.2) is 0 Å². The van der Waals surface area contributed by atoms with Crippen LogP contribution in [-0.2, 0) is 14.3 Å². The molecule has 0 spiro atoms. The Hall–Kier alpha value is -1.30. The van der Waals surface area contributed by atoms with E-state index in [0.29, 0.717) is 0 Å². The van der Waals surface area contributed by atoms with Gasteiger partial charge in [-0.25, -0.2) is 4.79 Å². The van der Waals surface area contributed by atoms with Crippen LogP contribution < -0.4 is 11.1 Å². The van der Waals surface area contributed by atoms with Gasteiger partial charge in [-0.3, -0.25) is 4.79 Å². The molecule has 0 rings (SSSR count). The minimum absolute atomic E-state index is 0.00620. The number of amides is 1. The van der Waals surface area contributed by atoms with Crippen molar-refractivity contribution in [2.45, 2.75) is 39.3 Å². The minimum Gasteiger partial charge on any atom is -0.465 e. The number of carbonyl (C=O) groups is 2. The van der Waals surface area contributed by atoms with Gasteiger partial charge >= 0.3 is 12.1 Å². The highest BCUT2D eigenvalue weighted by atomic mass is 16.6. The average molecular weight is 232 g/mol. The van der Waals surface area contributed by atoms with Gasteiger partial charge in [0.05, 0.1) is 6.61 Å². The van der Waals surface area contributed by atoms with Gasteiger partial charge in [0, 0.05) is 6.54 Å². The molecule has 16 heavy (non-hydrogen) atoms. The van der Waals surface area contributed by atoms with Gasteiger partial charge in [-0.2, -0.15) is 0 Å². The van der Waals surface area contributed by atoms with Gasteiger partial charge in [-0.05, 0) is 27.7 Å². The van der Waals surface area contributed by atoms with Crippen LogP contribution in [0.3, 0.4) is 0 Å². The maximum atomic E-state index is 11.2. The highest BCUT2D eigenvalue weighted by Crippen LogP contribution is 2.06. The highest BCUT2D eigenvalue weighted by molar-refractivity contribution is 5.77. The Morgan fingerprint density at radius 2 is 1.94 bits per heavy atom. The third-order valence-electron chi connectivity index (χ3n) is 1.45. The first-order chi connectivity index (χ1) is 7.26. The summed E-state index contributed by atoms with van der Waals surface area (Å²) in [4.78, 5) is 22.3. The van der Waals surface area contributed by atoms with Crippen LogP contribution >= 0.6 is 0 Å².